The van der Waals surface area contributed by atoms with Gasteiger partial charge in [0, 0.05) is 25.2 Å². The van der Waals surface area contributed by atoms with E-state index in [1.165, 1.54) is 36.0 Å². The summed E-state index contributed by atoms with van der Waals surface area (Å²) in [5.74, 6) is 1.48. The van der Waals surface area contributed by atoms with Crippen molar-refractivity contribution in [1.82, 2.24) is 15.2 Å². The molecule has 1 fully saturated rings. The molecule has 30 heavy (non-hydrogen) atoms. The Morgan fingerprint density at radius 3 is 2.67 bits per heavy atom. The number of aromatic nitrogens is 1. The van der Waals surface area contributed by atoms with E-state index in [1.807, 2.05) is 24.4 Å². The fourth-order valence-electron chi connectivity index (χ4n) is 4.96. The first-order chi connectivity index (χ1) is 14.6. The quantitative estimate of drug-likeness (QED) is 0.752. The van der Waals surface area contributed by atoms with Gasteiger partial charge >= 0.3 is 0 Å². The zero-order valence-electron chi connectivity index (χ0n) is 18.2. The molecule has 0 radical (unpaired) electrons. The molecule has 1 saturated heterocycles. The molecule has 0 spiro atoms. The number of amides is 1. The van der Waals surface area contributed by atoms with Gasteiger partial charge in [0.2, 0.25) is 5.91 Å². The Balaban J connectivity index is 1.42. The second kappa shape index (κ2) is 9.61. The maximum absolute atomic E-state index is 11.8. The van der Waals surface area contributed by atoms with Crippen molar-refractivity contribution < 1.29 is 9.53 Å². The summed E-state index contributed by atoms with van der Waals surface area (Å²) in [5, 5.41) is 3.14. The number of likely N-dealkylation sites (tertiary alicyclic amines) is 1. The molecule has 2 heterocycles. The Morgan fingerprint density at radius 2 is 2.00 bits per heavy atom. The van der Waals surface area contributed by atoms with Crippen molar-refractivity contribution in [2.75, 3.05) is 19.7 Å². The molecule has 1 aliphatic carbocycles. The largest absolute Gasteiger partial charge is 0.494 e. The van der Waals surface area contributed by atoms with Gasteiger partial charge in [0.15, 0.2) is 0 Å². The zero-order chi connectivity index (χ0) is 20.9. The summed E-state index contributed by atoms with van der Waals surface area (Å²) < 4.78 is 5.98. The number of hydrogen-bond acceptors (Lipinski definition) is 4. The molecule has 1 aromatic heterocycles. The van der Waals surface area contributed by atoms with E-state index in [4.69, 9.17) is 4.74 Å². The van der Waals surface area contributed by atoms with Crippen LogP contribution in [-0.4, -0.2) is 35.5 Å². The molecule has 5 heteroatoms. The number of nitrogens with one attached hydrogen (secondary N) is 1. The lowest BCUT2D eigenvalue weighted by Gasteiger charge is -2.36. The molecular weight excluding hydrogens is 374 g/mol. The summed E-state index contributed by atoms with van der Waals surface area (Å²) in [7, 11) is 0. The predicted molar refractivity (Wildman–Crippen MR) is 118 cm³/mol. The highest BCUT2D eigenvalue weighted by molar-refractivity contribution is 5.73. The monoisotopic (exact) mass is 407 g/mol. The van der Waals surface area contributed by atoms with Crippen LogP contribution in [0.15, 0.2) is 36.5 Å². The molecule has 160 valence electrons. The zero-order valence-corrected chi connectivity index (χ0v) is 18.2. The summed E-state index contributed by atoms with van der Waals surface area (Å²) in [6.07, 6.45) is 7.54. The molecule has 1 atom stereocenters. The number of fused-ring (bicyclic) bond motifs is 1. The van der Waals surface area contributed by atoms with Crippen LogP contribution in [0.25, 0.3) is 0 Å². The van der Waals surface area contributed by atoms with Gasteiger partial charge in [-0.25, -0.2) is 0 Å². The molecule has 2 aliphatic rings. The predicted octanol–water partition coefficient (Wildman–Crippen LogP) is 4.06. The van der Waals surface area contributed by atoms with Gasteiger partial charge in [0.1, 0.15) is 5.75 Å². The number of piperidine rings is 1. The molecule has 5 nitrogen and oxygen atoms in total. The van der Waals surface area contributed by atoms with Crippen LogP contribution in [0.3, 0.4) is 0 Å². The van der Waals surface area contributed by atoms with Crippen molar-refractivity contribution in [3.8, 4) is 5.75 Å². The highest BCUT2D eigenvalue weighted by Crippen LogP contribution is 2.34. The molecule has 1 aromatic carbocycles. The van der Waals surface area contributed by atoms with Crippen LogP contribution in [0.1, 0.15) is 61.5 Å². The van der Waals surface area contributed by atoms with Crippen molar-refractivity contribution in [1.29, 1.82) is 0 Å². The first-order valence-corrected chi connectivity index (χ1v) is 11.3. The maximum atomic E-state index is 11.8. The smallest absolute Gasteiger partial charge is 0.217 e. The molecule has 1 N–H and O–H groups in total. The average Bonchev–Trinajstić information content (AvgIpc) is 3.21. The van der Waals surface area contributed by atoms with E-state index in [0.717, 1.165) is 43.9 Å². The number of hydrogen-bond donors (Lipinski definition) is 1. The second-order valence-electron chi connectivity index (χ2n) is 8.56. The third-order valence-corrected chi connectivity index (χ3v) is 6.44. The number of pyridine rings is 1. The highest BCUT2D eigenvalue weighted by Gasteiger charge is 2.29. The highest BCUT2D eigenvalue weighted by atomic mass is 16.5. The minimum Gasteiger partial charge on any atom is -0.494 e. The maximum Gasteiger partial charge on any atom is 0.217 e. The third-order valence-electron chi connectivity index (χ3n) is 6.44. The van der Waals surface area contributed by atoms with E-state index in [-0.39, 0.29) is 11.9 Å². The van der Waals surface area contributed by atoms with E-state index in [0.29, 0.717) is 12.5 Å². The summed E-state index contributed by atoms with van der Waals surface area (Å²) in [6.45, 7) is 7.34. The Kier molecular flexibility index (Phi) is 6.68. The van der Waals surface area contributed by atoms with Crippen LogP contribution >= 0.6 is 0 Å². The normalized spacial score (nSPS) is 18.1. The summed E-state index contributed by atoms with van der Waals surface area (Å²) in [5.41, 5.74) is 5.25. The Morgan fingerprint density at radius 1 is 1.23 bits per heavy atom. The number of ether oxygens (including phenoxy) is 1. The van der Waals surface area contributed by atoms with Crippen LogP contribution in [0.2, 0.25) is 0 Å². The fraction of sp³-hybridized carbons (Fsp3) is 0.520. The van der Waals surface area contributed by atoms with Crippen molar-refractivity contribution in [2.24, 2.45) is 5.92 Å². The Bertz CT molecular complexity index is 860. The first-order valence-electron chi connectivity index (χ1n) is 11.3. The SMILES string of the molecule is CCOc1cc2c(cc1CN1CCC([C@@H](NC(C)=O)c3ccccn3)CC1)CCC2. The molecule has 1 aliphatic heterocycles. The minimum absolute atomic E-state index is 0.00702. The lowest BCUT2D eigenvalue weighted by Crippen LogP contribution is -2.40. The molecule has 0 saturated carbocycles. The van der Waals surface area contributed by atoms with E-state index in [9.17, 15) is 4.79 Å². The standard InChI is InChI=1S/C25H33N3O2/c1-3-30-24-16-21-8-6-7-20(21)15-22(24)17-28-13-10-19(11-14-28)25(27-18(2)29)23-9-4-5-12-26-23/h4-5,9,12,15-16,19,25H,3,6-8,10-11,13-14,17H2,1-2H3,(H,27,29)/t25-/m1/s1. The van der Waals surface area contributed by atoms with Gasteiger partial charge in [-0.05, 0) is 87.4 Å². The molecular formula is C25H33N3O2. The van der Waals surface area contributed by atoms with Crippen LogP contribution in [0.5, 0.6) is 5.75 Å². The lowest BCUT2D eigenvalue weighted by molar-refractivity contribution is -0.120. The molecule has 0 bridgehead atoms. The van der Waals surface area contributed by atoms with Crippen molar-refractivity contribution in [3.05, 3.63) is 58.9 Å². The fourth-order valence-corrected chi connectivity index (χ4v) is 4.96. The van der Waals surface area contributed by atoms with Gasteiger partial charge < -0.3 is 10.1 Å². The minimum atomic E-state index is -0.00942. The summed E-state index contributed by atoms with van der Waals surface area (Å²) in [4.78, 5) is 18.8. The van der Waals surface area contributed by atoms with Crippen molar-refractivity contribution in [3.63, 3.8) is 0 Å². The average molecular weight is 408 g/mol. The van der Waals surface area contributed by atoms with Crippen molar-refractivity contribution >= 4 is 5.91 Å². The summed E-state index contributed by atoms with van der Waals surface area (Å²) >= 11 is 0. The number of benzene rings is 1. The van der Waals surface area contributed by atoms with Crippen molar-refractivity contribution in [2.45, 2.75) is 58.5 Å². The van der Waals surface area contributed by atoms with E-state index in [2.05, 4.69) is 34.3 Å². The van der Waals surface area contributed by atoms with E-state index in [1.54, 1.807) is 6.92 Å². The number of carbonyl (C=O) groups excluding carboxylic acids is 1. The second-order valence-corrected chi connectivity index (χ2v) is 8.56. The van der Waals surface area contributed by atoms with Crippen LogP contribution < -0.4 is 10.1 Å². The number of rotatable bonds is 7. The summed E-state index contributed by atoms with van der Waals surface area (Å²) in [6, 6.07) is 10.6. The van der Waals surface area contributed by atoms with Gasteiger partial charge in [-0.2, -0.15) is 0 Å². The van der Waals surface area contributed by atoms with Gasteiger partial charge in [-0.1, -0.05) is 12.1 Å². The molecule has 1 amide bonds. The topological polar surface area (TPSA) is 54.5 Å². The van der Waals surface area contributed by atoms with E-state index >= 15 is 0 Å². The van der Waals surface area contributed by atoms with Gasteiger partial charge in [0.25, 0.3) is 0 Å². The van der Waals surface area contributed by atoms with Crippen LogP contribution in [-0.2, 0) is 24.2 Å². The third kappa shape index (κ3) is 4.84. The van der Waals surface area contributed by atoms with E-state index < -0.39 is 0 Å². The first kappa shape index (κ1) is 20.9. The van der Waals surface area contributed by atoms with Gasteiger partial charge in [0.05, 0.1) is 18.3 Å². The molecule has 4 rings (SSSR count). The van der Waals surface area contributed by atoms with Gasteiger partial charge in [-0.3, -0.25) is 14.7 Å². The Labute approximate surface area is 179 Å². The number of carbonyl (C=O) groups is 1. The number of nitrogens with zero attached hydrogens (tertiary/aromatic N) is 2. The van der Waals surface area contributed by atoms with Gasteiger partial charge in [-0.15, -0.1) is 0 Å². The Hall–Kier alpha value is -2.40. The van der Waals surface area contributed by atoms with Crippen LogP contribution in [0, 0.1) is 5.92 Å². The molecule has 2 aromatic rings. The number of aryl methyl sites for hydroxylation is 2. The lowest BCUT2D eigenvalue weighted by atomic mass is 9.87. The van der Waals surface area contributed by atoms with Crippen LogP contribution in [0.4, 0.5) is 0 Å². The molecule has 0 unspecified atom stereocenters.